The van der Waals surface area contributed by atoms with Gasteiger partial charge in [0.2, 0.25) is 5.91 Å². The number of carbonyl (C=O) groups is 3. The number of carboxylic acids is 1. The fraction of sp³-hybridized carbons (Fsp3) is 0.464. The summed E-state index contributed by atoms with van der Waals surface area (Å²) in [6.07, 6.45) is 0.828. The number of rotatable bonds is 7. The van der Waals surface area contributed by atoms with E-state index >= 15 is 0 Å². The summed E-state index contributed by atoms with van der Waals surface area (Å²) in [5, 5.41) is 11.8. The maximum absolute atomic E-state index is 13.3. The topological polar surface area (TPSA) is 95.9 Å². The molecular weight excluding hydrogens is 444 g/mol. The van der Waals surface area contributed by atoms with Gasteiger partial charge in [-0.2, -0.15) is 0 Å². The van der Waals surface area contributed by atoms with Crippen molar-refractivity contribution in [2.45, 2.75) is 52.0 Å². The summed E-state index contributed by atoms with van der Waals surface area (Å²) in [6, 6.07) is 15.6. The highest BCUT2D eigenvalue weighted by Gasteiger charge is 2.39. The van der Waals surface area contributed by atoms with E-state index in [4.69, 9.17) is 9.84 Å². The third-order valence-electron chi connectivity index (χ3n) is 7.08. The fourth-order valence-electron chi connectivity index (χ4n) is 5.19. The van der Waals surface area contributed by atoms with Crippen molar-refractivity contribution in [1.82, 2.24) is 10.2 Å². The third kappa shape index (κ3) is 5.50. The molecule has 7 nitrogen and oxygen atoms in total. The van der Waals surface area contributed by atoms with Gasteiger partial charge in [0.1, 0.15) is 12.6 Å². The normalized spacial score (nSPS) is 18.0. The molecule has 2 N–H and O–H groups in total. The highest BCUT2D eigenvalue weighted by molar-refractivity contribution is 5.87. The number of nitrogens with one attached hydrogen (secondary N) is 1. The van der Waals surface area contributed by atoms with Crippen LogP contribution in [0.4, 0.5) is 4.79 Å². The van der Waals surface area contributed by atoms with Gasteiger partial charge >= 0.3 is 12.1 Å². The van der Waals surface area contributed by atoms with Gasteiger partial charge < -0.3 is 20.1 Å². The molecule has 1 saturated heterocycles. The third-order valence-corrected chi connectivity index (χ3v) is 7.08. The number of ether oxygens (including phenoxy) is 1. The Morgan fingerprint density at radius 2 is 1.66 bits per heavy atom. The van der Waals surface area contributed by atoms with Crippen LogP contribution >= 0.6 is 0 Å². The molecule has 2 aromatic carbocycles. The van der Waals surface area contributed by atoms with Crippen LogP contribution in [0.5, 0.6) is 0 Å². The summed E-state index contributed by atoms with van der Waals surface area (Å²) in [7, 11) is 0. The van der Waals surface area contributed by atoms with E-state index in [2.05, 4.69) is 29.6 Å². The minimum atomic E-state index is -0.820. The molecule has 35 heavy (non-hydrogen) atoms. The number of alkyl carbamates (subject to hydrolysis) is 1. The second kappa shape index (κ2) is 10.1. The summed E-state index contributed by atoms with van der Waals surface area (Å²) in [4.78, 5) is 38.8. The lowest BCUT2D eigenvalue weighted by Gasteiger charge is -2.33. The molecule has 2 atom stereocenters. The van der Waals surface area contributed by atoms with Gasteiger partial charge in [-0.05, 0) is 46.4 Å². The molecule has 1 fully saturated rings. The van der Waals surface area contributed by atoms with Crippen LogP contribution in [0.2, 0.25) is 0 Å². The lowest BCUT2D eigenvalue weighted by Crippen LogP contribution is -2.54. The van der Waals surface area contributed by atoms with Crippen LogP contribution in [0.1, 0.15) is 57.1 Å². The molecule has 2 aliphatic rings. The van der Waals surface area contributed by atoms with E-state index in [1.54, 1.807) is 4.90 Å². The standard InChI is InChI=1S/C28H34N2O5/c1-28(2,3)25(26(33)30-15-14-18(16-30)12-13-24(31)32)29-27(34)35-17-23-21-10-6-4-8-19(21)20-9-5-7-11-22(20)23/h4-11,18,23,25H,12-17H2,1-3H3,(H,29,34)(H,31,32)/t18?,25-/m0/s1. The first-order valence-electron chi connectivity index (χ1n) is 12.3. The molecule has 2 aromatic rings. The average molecular weight is 479 g/mol. The van der Waals surface area contributed by atoms with E-state index < -0.39 is 23.5 Å². The number of carbonyl (C=O) groups excluding carboxylic acids is 2. The molecule has 1 aliphatic carbocycles. The number of fused-ring (bicyclic) bond motifs is 3. The fourth-order valence-corrected chi connectivity index (χ4v) is 5.19. The maximum Gasteiger partial charge on any atom is 0.407 e. The molecule has 0 saturated carbocycles. The molecule has 1 heterocycles. The molecule has 0 bridgehead atoms. The monoisotopic (exact) mass is 478 g/mol. The molecule has 7 heteroatoms. The number of carboxylic acid groups (broad SMARTS) is 1. The molecule has 2 amide bonds. The first-order valence-corrected chi connectivity index (χ1v) is 12.3. The van der Waals surface area contributed by atoms with Crippen LogP contribution in [0, 0.1) is 11.3 Å². The van der Waals surface area contributed by atoms with Crippen molar-refractivity contribution in [3.63, 3.8) is 0 Å². The quantitative estimate of drug-likeness (QED) is 0.604. The minimum absolute atomic E-state index is 0.0505. The number of likely N-dealkylation sites (tertiary alicyclic amines) is 1. The number of hydrogen-bond donors (Lipinski definition) is 2. The highest BCUT2D eigenvalue weighted by atomic mass is 16.5. The van der Waals surface area contributed by atoms with Gasteiger partial charge in [-0.1, -0.05) is 69.3 Å². The second-order valence-corrected chi connectivity index (χ2v) is 10.6. The summed E-state index contributed by atoms with van der Waals surface area (Å²) in [6.45, 7) is 7.02. The van der Waals surface area contributed by atoms with E-state index in [9.17, 15) is 14.4 Å². The van der Waals surface area contributed by atoms with Crippen LogP contribution in [-0.4, -0.2) is 53.7 Å². The summed E-state index contributed by atoms with van der Waals surface area (Å²) in [5.74, 6) is -0.848. The SMILES string of the molecule is CC(C)(C)[C@@H](NC(=O)OCC1c2ccccc2-c2ccccc21)C(=O)N1CCC(CCC(=O)O)C1. The maximum atomic E-state index is 13.3. The van der Waals surface area contributed by atoms with Crippen molar-refractivity contribution >= 4 is 18.0 Å². The largest absolute Gasteiger partial charge is 0.481 e. The summed E-state index contributed by atoms with van der Waals surface area (Å²) in [5.41, 5.74) is 4.07. The predicted molar refractivity (Wildman–Crippen MR) is 133 cm³/mol. The average Bonchev–Trinajstić information content (AvgIpc) is 3.42. The van der Waals surface area contributed by atoms with Crippen LogP contribution in [-0.2, 0) is 14.3 Å². The minimum Gasteiger partial charge on any atom is -0.481 e. The van der Waals surface area contributed by atoms with Gasteiger partial charge in [0.25, 0.3) is 0 Å². The van der Waals surface area contributed by atoms with Crippen molar-refractivity contribution in [2.24, 2.45) is 11.3 Å². The molecule has 186 valence electrons. The van der Waals surface area contributed by atoms with Crippen LogP contribution in [0.15, 0.2) is 48.5 Å². The van der Waals surface area contributed by atoms with Crippen molar-refractivity contribution in [3.8, 4) is 11.1 Å². The zero-order valence-electron chi connectivity index (χ0n) is 20.6. The Morgan fingerprint density at radius 1 is 1.06 bits per heavy atom. The van der Waals surface area contributed by atoms with Gasteiger partial charge in [-0.15, -0.1) is 0 Å². The zero-order valence-corrected chi connectivity index (χ0v) is 20.6. The molecule has 0 radical (unpaired) electrons. The van der Waals surface area contributed by atoms with Gasteiger partial charge in [0.15, 0.2) is 0 Å². The van der Waals surface area contributed by atoms with Crippen LogP contribution in [0.3, 0.4) is 0 Å². The van der Waals surface area contributed by atoms with Crippen molar-refractivity contribution in [3.05, 3.63) is 59.7 Å². The molecule has 4 rings (SSSR count). The smallest absolute Gasteiger partial charge is 0.407 e. The first kappa shape index (κ1) is 24.8. The lowest BCUT2D eigenvalue weighted by molar-refractivity contribution is -0.137. The van der Waals surface area contributed by atoms with Crippen molar-refractivity contribution in [1.29, 1.82) is 0 Å². The Morgan fingerprint density at radius 3 is 2.23 bits per heavy atom. The number of amides is 2. The number of benzene rings is 2. The van der Waals surface area contributed by atoms with E-state index in [0.717, 1.165) is 28.7 Å². The Bertz CT molecular complexity index is 1060. The molecule has 0 spiro atoms. The highest BCUT2D eigenvalue weighted by Crippen LogP contribution is 2.44. The Hall–Kier alpha value is -3.35. The molecular formula is C28H34N2O5. The summed E-state index contributed by atoms with van der Waals surface area (Å²) >= 11 is 0. The van der Waals surface area contributed by atoms with E-state index in [-0.39, 0.29) is 30.8 Å². The van der Waals surface area contributed by atoms with E-state index in [0.29, 0.717) is 19.5 Å². The van der Waals surface area contributed by atoms with Crippen molar-refractivity contribution in [2.75, 3.05) is 19.7 Å². The van der Waals surface area contributed by atoms with Crippen LogP contribution in [0.25, 0.3) is 11.1 Å². The molecule has 0 aromatic heterocycles. The van der Waals surface area contributed by atoms with E-state index in [1.165, 1.54) is 0 Å². The van der Waals surface area contributed by atoms with Gasteiger partial charge in [-0.3, -0.25) is 9.59 Å². The second-order valence-electron chi connectivity index (χ2n) is 10.6. The Kier molecular flexibility index (Phi) is 7.15. The van der Waals surface area contributed by atoms with E-state index in [1.807, 2.05) is 45.0 Å². The van der Waals surface area contributed by atoms with Gasteiger partial charge in [0.05, 0.1) is 0 Å². The number of aliphatic carboxylic acids is 1. The summed E-state index contributed by atoms with van der Waals surface area (Å²) < 4.78 is 5.68. The van der Waals surface area contributed by atoms with Crippen molar-refractivity contribution < 1.29 is 24.2 Å². The van der Waals surface area contributed by atoms with Gasteiger partial charge in [-0.25, -0.2) is 4.79 Å². The van der Waals surface area contributed by atoms with Crippen LogP contribution < -0.4 is 5.32 Å². The Balaban J connectivity index is 1.39. The lowest BCUT2D eigenvalue weighted by atomic mass is 9.86. The van der Waals surface area contributed by atoms with Gasteiger partial charge in [0, 0.05) is 25.4 Å². The Labute approximate surface area is 206 Å². The number of hydrogen-bond acceptors (Lipinski definition) is 4. The molecule has 1 aliphatic heterocycles. The molecule has 1 unspecified atom stereocenters. The number of nitrogens with zero attached hydrogens (tertiary/aromatic N) is 1. The predicted octanol–water partition coefficient (Wildman–Crippen LogP) is 4.65. The first-order chi connectivity index (χ1) is 16.6. The zero-order chi connectivity index (χ0) is 25.2.